The van der Waals surface area contributed by atoms with Crippen molar-refractivity contribution in [2.24, 2.45) is 5.73 Å². The molecule has 0 aromatic carbocycles. The molecule has 0 saturated heterocycles. The van der Waals surface area contributed by atoms with Crippen molar-refractivity contribution in [2.45, 2.75) is 25.9 Å². The van der Waals surface area contributed by atoms with Crippen molar-refractivity contribution in [3.05, 3.63) is 33.2 Å². The van der Waals surface area contributed by atoms with Crippen LogP contribution in [0.3, 0.4) is 0 Å². The third-order valence-electron chi connectivity index (χ3n) is 2.18. The van der Waals surface area contributed by atoms with Gasteiger partial charge in [-0.3, -0.25) is 9.59 Å². The van der Waals surface area contributed by atoms with E-state index in [1.165, 1.54) is 10.6 Å². The zero-order valence-corrected chi connectivity index (χ0v) is 11.2. The minimum absolute atomic E-state index is 0.0250. The topological polar surface area (TPSA) is 77.1 Å². The summed E-state index contributed by atoms with van der Waals surface area (Å²) in [5, 5.41) is 2.72. The highest BCUT2D eigenvalue weighted by atomic mass is 79.9. The number of nitrogens with zero attached hydrogens (tertiary/aromatic N) is 1. The molecule has 1 atom stereocenters. The van der Waals surface area contributed by atoms with Gasteiger partial charge in [0.05, 0.1) is 0 Å². The lowest BCUT2D eigenvalue weighted by atomic mass is 10.2. The maximum Gasteiger partial charge on any atom is 0.251 e. The molecule has 3 N–H and O–H groups in total. The first-order chi connectivity index (χ1) is 7.99. The third-order valence-corrected chi connectivity index (χ3v) is 2.65. The summed E-state index contributed by atoms with van der Waals surface area (Å²) in [4.78, 5) is 23.0. The Labute approximate surface area is 108 Å². The number of hydrogen-bond acceptors (Lipinski definition) is 3. The number of carbonyl (C=O) groups is 1. The summed E-state index contributed by atoms with van der Waals surface area (Å²) >= 11 is 3.25. The summed E-state index contributed by atoms with van der Waals surface area (Å²) in [6.07, 6.45) is 2.31. The number of nitrogens with one attached hydrogen (secondary N) is 1. The van der Waals surface area contributed by atoms with E-state index in [0.717, 1.165) is 10.9 Å². The third kappa shape index (κ3) is 5.14. The van der Waals surface area contributed by atoms with Gasteiger partial charge in [-0.15, -0.1) is 0 Å². The Morgan fingerprint density at radius 3 is 2.94 bits per heavy atom. The van der Waals surface area contributed by atoms with Gasteiger partial charge in [0.15, 0.2) is 0 Å². The van der Waals surface area contributed by atoms with Crippen LogP contribution >= 0.6 is 15.9 Å². The van der Waals surface area contributed by atoms with Crippen molar-refractivity contribution < 1.29 is 4.79 Å². The van der Waals surface area contributed by atoms with Gasteiger partial charge < -0.3 is 15.6 Å². The summed E-state index contributed by atoms with van der Waals surface area (Å²) in [5.41, 5.74) is 5.36. The summed E-state index contributed by atoms with van der Waals surface area (Å²) in [5.74, 6) is -0.189. The van der Waals surface area contributed by atoms with E-state index < -0.39 is 0 Å². The molecule has 1 rings (SSSR count). The molecule has 0 spiro atoms. The summed E-state index contributed by atoms with van der Waals surface area (Å²) in [6.45, 7) is 2.43. The fraction of sp³-hybridized carbons (Fsp3) is 0.455. The lowest BCUT2D eigenvalue weighted by Crippen LogP contribution is -2.34. The Bertz CT molecular complexity index is 443. The molecule has 94 valence electrons. The Hall–Kier alpha value is -1.14. The van der Waals surface area contributed by atoms with E-state index in [4.69, 9.17) is 5.73 Å². The summed E-state index contributed by atoms with van der Waals surface area (Å²) < 4.78 is 2.12. The largest absolute Gasteiger partial charge is 0.354 e. The number of aromatic nitrogens is 1. The van der Waals surface area contributed by atoms with Gasteiger partial charge in [-0.1, -0.05) is 0 Å². The monoisotopic (exact) mass is 301 g/mol. The van der Waals surface area contributed by atoms with Crippen LogP contribution in [0.2, 0.25) is 0 Å². The van der Waals surface area contributed by atoms with Gasteiger partial charge in [-0.25, -0.2) is 0 Å². The van der Waals surface area contributed by atoms with E-state index in [9.17, 15) is 9.59 Å². The van der Waals surface area contributed by atoms with Crippen molar-refractivity contribution in [3.8, 4) is 0 Å². The molecule has 1 heterocycles. The molecule has 1 amide bonds. The van der Waals surface area contributed by atoms with Gasteiger partial charge in [0, 0.05) is 29.3 Å². The minimum atomic E-state index is -0.199. The molecule has 17 heavy (non-hydrogen) atoms. The average molecular weight is 302 g/mol. The molecule has 0 aliphatic rings. The molecule has 0 saturated carbocycles. The molecule has 0 fully saturated rings. The predicted octanol–water partition coefficient (Wildman–Crippen LogP) is 0.464. The fourth-order valence-electron chi connectivity index (χ4n) is 1.28. The molecule has 0 aliphatic heterocycles. The lowest BCUT2D eigenvalue weighted by molar-refractivity contribution is -0.121. The van der Waals surface area contributed by atoms with Gasteiger partial charge in [-0.2, -0.15) is 0 Å². The van der Waals surface area contributed by atoms with Crippen molar-refractivity contribution in [2.75, 3.05) is 6.54 Å². The SMILES string of the molecule is CC(N)CCNC(=O)Cn1cc(Br)ccc1=O. The van der Waals surface area contributed by atoms with Gasteiger partial charge in [0.1, 0.15) is 6.54 Å². The Kier molecular flexibility index (Phi) is 5.37. The van der Waals surface area contributed by atoms with Gasteiger partial charge in [0.2, 0.25) is 5.91 Å². The van der Waals surface area contributed by atoms with Gasteiger partial charge in [0.25, 0.3) is 5.56 Å². The van der Waals surface area contributed by atoms with Crippen molar-refractivity contribution in [3.63, 3.8) is 0 Å². The molecular formula is C11H16BrN3O2. The van der Waals surface area contributed by atoms with Crippen molar-refractivity contribution >= 4 is 21.8 Å². The number of carbonyl (C=O) groups excluding carboxylic acids is 1. The first-order valence-corrected chi connectivity index (χ1v) is 6.16. The number of hydrogen-bond donors (Lipinski definition) is 2. The fourth-order valence-corrected chi connectivity index (χ4v) is 1.65. The quantitative estimate of drug-likeness (QED) is 0.830. The van der Waals surface area contributed by atoms with E-state index in [1.807, 2.05) is 6.92 Å². The van der Waals surface area contributed by atoms with Crippen LogP contribution in [-0.4, -0.2) is 23.1 Å². The highest BCUT2D eigenvalue weighted by Crippen LogP contribution is 2.04. The number of pyridine rings is 1. The predicted molar refractivity (Wildman–Crippen MR) is 69.7 cm³/mol. The minimum Gasteiger partial charge on any atom is -0.354 e. The first-order valence-electron chi connectivity index (χ1n) is 5.37. The van der Waals surface area contributed by atoms with Gasteiger partial charge >= 0.3 is 0 Å². The van der Waals surface area contributed by atoms with Crippen LogP contribution in [0, 0.1) is 0 Å². The van der Waals surface area contributed by atoms with E-state index in [0.29, 0.717) is 6.54 Å². The smallest absolute Gasteiger partial charge is 0.251 e. The van der Waals surface area contributed by atoms with Crippen LogP contribution < -0.4 is 16.6 Å². The zero-order chi connectivity index (χ0) is 12.8. The van der Waals surface area contributed by atoms with Crippen LogP contribution in [0.25, 0.3) is 0 Å². The van der Waals surface area contributed by atoms with E-state index in [1.54, 1.807) is 12.3 Å². The second-order valence-corrected chi connectivity index (χ2v) is 4.85. The van der Waals surface area contributed by atoms with E-state index in [-0.39, 0.29) is 24.1 Å². The maximum atomic E-state index is 11.5. The molecular weight excluding hydrogens is 286 g/mol. The number of halogens is 1. The Balaban J connectivity index is 2.50. The molecule has 0 aliphatic carbocycles. The second-order valence-electron chi connectivity index (χ2n) is 3.93. The van der Waals surface area contributed by atoms with Crippen molar-refractivity contribution in [1.82, 2.24) is 9.88 Å². The van der Waals surface area contributed by atoms with Crippen LogP contribution in [0.1, 0.15) is 13.3 Å². The highest BCUT2D eigenvalue weighted by molar-refractivity contribution is 9.10. The second kappa shape index (κ2) is 6.56. The summed E-state index contributed by atoms with van der Waals surface area (Å²) in [6, 6.07) is 3.12. The van der Waals surface area contributed by atoms with Crippen LogP contribution in [-0.2, 0) is 11.3 Å². The highest BCUT2D eigenvalue weighted by Gasteiger charge is 2.04. The molecule has 1 unspecified atom stereocenters. The molecule has 0 bridgehead atoms. The molecule has 6 heteroatoms. The molecule has 5 nitrogen and oxygen atoms in total. The molecule has 0 radical (unpaired) electrons. The average Bonchev–Trinajstić information content (AvgIpc) is 2.23. The normalized spacial score (nSPS) is 12.2. The lowest BCUT2D eigenvalue weighted by Gasteiger charge is -2.08. The van der Waals surface area contributed by atoms with E-state index in [2.05, 4.69) is 21.2 Å². The summed E-state index contributed by atoms with van der Waals surface area (Å²) in [7, 11) is 0. The number of rotatable bonds is 5. The first kappa shape index (κ1) is 13.9. The van der Waals surface area contributed by atoms with E-state index >= 15 is 0 Å². The van der Waals surface area contributed by atoms with Crippen LogP contribution in [0.15, 0.2) is 27.6 Å². The Morgan fingerprint density at radius 1 is 1.59 bits per heavy atom. The molecule has 1 aromatic rings. The van der Waals surface area contributed by atoms with Crippen LogP contribution in [0.5, 0.6) is 0 Å². The van der Waals surface area contributed by atoms with Gasteiger partial charge in [-0.05, 0) is 35.3 Å². The Morgan fingerprint density at radius 2 is 2.29 bits per heavy atom. The van der Waals surface area contributed by atoms with Crippen molar-refractivity contribution in [1.29, 1.82) is 0 Å². The maximum absolute atomic E-state index is 11.5. The number of nitrogens with two attached hydrogens (primary N) is 1. The molecule has 1 aromatic heterocycles. The number of amides is 1. The van der Waals surface area contributed by atoms with Crippen LogP contribution in [0.4, 0.5) is 0 Å². The zero-order valence-electron chi connectivity index (χ0n) is 9.65. The standard InChI is InChI=1S/C11H16BrN3O2/c1-8(13)4-5-14-10(16)7-15-6-9(12)2-3-11(15)17/h2-3,6,8H,4-5,7,13H2,1H3,(H,14,16).